The maximum absolute atomic E-state index is 9.94. The Labute approximate surface area is 186 Å². The number of nitrogens with one attached hydrogen (secondary N) is 1. The Balaban J connectivity index is 2.04. The average molecular weight is 437 g/mol. The molecule has 0 atom stereocenters. The molecule has 152 valence electrons. The lowest BCUT2D eigenvalue weighted by Gasteiger charge is -2.20. The van der Waals surface area contributed by atoms with Gasteiger partial charge in [0.15, 0.2) is 5.65 Å². The van der Waals surface area contributed by atoms with Crippen LogP contribution in [0.2, 0.25) is 10.0 Å². The number of nitrogens with zero attached hydrogens (tertiary/aromatic N) is 3. The predicted octanol–water partition coefficient (Wildman–Crippen LogP) is 7.31. The second kappa shape index (κ2) is 8.18. The van der Waals surface area contributed by atoms with Crippen molar-refractivity contribution >= 4 is 51.4 Å². The Bertz CT molecular complexity index is 1300. The number of aromatic nitrogens is 2. The molecule has 2 heterocycles. The van der Waals surface area contributed by atoms with Crippen LogP contribution >= 0.6 is 23.2 Å². The van der Waals surface area contributed by atoms with Crippen molar-refractivity contribution < 1.29 is 0 Å². The molecular formula is C24H22Cl2N4. The van der Waals surface area contributed by atoms with E-state index in [2.05, 4.69) is 29.6 Å². The lowest BCUT2D eigenvalue weighted by atomic mass is 9.96. The highest BCUT2D eigenvalue weighted by atomic mass is 35.5. The summed E-state index contributed by atoms with van der Waals surface area (Å²) in [7, 11) is 0. The van der Waals surface area contributed by atoms with Gasteiger partial charge in [-0.15, -0.1) is 0 Å². The summed E-state index contributed by atoms with van der Waals surface area (Å²) in [6.45, 7) is 6.42. The van der Waals surface area contributed by atoms with E-state index in [4.69, 9.17) is 28.2 Å². The van der Waals surface area contributed by atoms with E-state index < -0.39 is 0 Å². The van der Waals surface area contributed by atoms with E-state index in [9.17, 15) is 5.26 Å². The van der Waals surface area contributed by atoms with E-state index in [0.29, 0.717) is 27.2 Å². The topological polar surface area (TPSA) is 53.1 Å². The summed E-state index contributed by atoms with van der Waals surface area (Å²) >= 11 is 12.4. The monoisotopic (exact) mass is 436 g/mol. The Kier molecular flexibility index (Phi) is 5.60. The second-order valence-corrected chi connectivity index (χ2v) is 8.70. The Hall–Kier alpha value is -2.74. The van der Waals surface area contributed by atoms with Gasteiger partial charge >= 0.3 is 0 Å². The molecule has 0 aliphatic rings. The highest BCUT2D eigenvalue weighted by Crippen LogP contribution is 2.35. The molecule has 0 saturated carbocycles. The largest absolute Gasteiger partial charge is 0.341 e. The molecule has 2 aromatic carbocycles. The zero-order valence-corrected chi connectivity index (χ0v) is 18.6. The van der Waals surface area contributed by atoms with Crippen LogP contribution in [0, 0.1) is 24.2 Å². The first-order chi connectivity index (χ1) is 14.4. The first-order valence-electron chi connectivity index (χ1n) is 9.95. The number of halogens is 2. The number of hydrogen-bond donors (Lipinski definition) is 1. The molecule has 0 unspecified atom stereocenters. The van der Waals surface area contributed by atoms with Crippen LogP contribution in [0.5, 0.6) is 0 Å². The van der Waals surface area contributed by atoms with Crippen LogP contribution in [0.1, 0.15) is 37.0 Å². The van der Waals surface area contributed by atoms with Crippen molar-refractivity contribution in [2.45, 2.75) is 33.6 Å². The summed E-state index contributed by atoms with van der Waals surface area (Å²) in [6.07, 6.45) is 1.87. The predicted molar refractivity (Wildman–Crippen MR) is 125 cm³/mol. The average Bonchev–Trinajstić information content (AvgIpc) is 3.09. The summed E-state index contributed by atoms with van der Waals surface area (Å²) in [5, 5.41) is 14.5. The van der Waals surface area contributed by atoms with E-state index >= 15 is 0 Å². The zero-order chi connectivity index (χ0) is 21.4. The molecule has 0 amide bonds. The first kappa shape index (κ1) is 20.5. The molecule has 0 bridgehead atoms. The van der Waals surface area contributed by atoms with Crippen molar-refractivity contribution in [3.8, 4) is 6.07 Å². The van der Waals surface area contributed by atoms with Gasteiger partial charge < -0.3 is 5.32 Å². The van der Waals surface area contributed by atoms with Gasteiger partial charge in [-0.2, -0.15) is 5.26 Å². The van der Waals surface area contributed by atoms with Crippen LogP contribution in [0.3, 0.4) is 0 Å². The molecule has 4 nitrogen and oxygen atoms in total. The van der Waals surface area contributed by atoms with Crippen LogP contribution in [0.25, 0.3) is 16.7 Å². The Morgan fingerprint density at radius 1 is 1.13 bits per heavy atom. The van der Waals surface area contributed by atoms with Crippen molar-refractivity contribution in [1.29, 1.82) is 5.26 Å². The van der Waals surface area contributed by atoms with E-state index in [1.54, 1.807) is 6.07 Å². The summed E-state index contributed by atoms with van der Waals surface area (Å²) in [4.78, 5) is 4.77. The Morgan fingerprint density at radius 2 is 1.90 bits per heavy atom. The highest BCUT2D eigenvalue weighted by Gasteiger charge is 2.21. The molecule has 30 heavy (non-hydrogen) atoms. The minimum atomic E-state index is 0.488. The summed E-state index contributed by atoms with van der Waals surface area (Å²) in [5.74, 6) is 1.46. The molecule has 0 aliphatic heterocycles. The molecule has 4 rings (SSSR count). The fraction of sp³-hybridized carbons (Fsp3) is 0.250. The van der Waals surface area contributed by atoms with Gasteiger partial charge in [0.2, 0.25) is 0 Å². The van der Waals surface area contributed by atoms with E-state index in [1.807, 2.05) is 43.3 Å². The molecule has 2 aromatic heterocycles. The zero-order valence-electron chi connectivity index (χ0n) is 17.1. The molecule has 0 saturated heterocycles. The number of fused-ring (bicyclic) bond motifs is 3. The first-order valence-corrected chi connectivity index (χ1v) is 10.7. The van der Waals surface area contributed by atoms with Gasteiger partial charge in [0.25, 0.3) is 0 Å². The number of pyridine rings is 1. The highest BCUT2D eigenvalue weighted by molar-refractivity contribution is 6.42. The Morgan fingerprint density at radius 3 is 2.60 bits per heavy atom. The molecule has 0 fully saturated rings. The van der Waals surface area contributed by atoms with Crippen molar-refractivity contribution in [2.75, 3.05) is 5.32 Å². The maximum atomic E-state index is 9.94. The van der Waals surface area contributed by atoms with Gasteiger partial charge in [-0.25, -0.2) is 4.98 Å². The summed E-state index contributed by atoms with van der Waals surface area (Å²) < 4.78 is 2.05. The van der Waals surface area contributed by atoms with Crippen LogP contribution < -0.4 is 5.32 Å². The number of para-hydroxylation sites is 2. The third-order valence-corrected chi connectivity index (χ3v) is 6.13. The number of nitriles is 1. The molecule has 6 heteroatoms. The molecule has 4 aromatic rings. The van der Waals surface area contributed by atoms with Gasteiger partial charge in [-0.3, -0.25) is 4.40 Å². The number of hydrogen-bond acceptors (Lipinski definition) is 3. The molecule has 0 radical (unpaired) electrons. The van der Waals surface area contributed by atoms with Crippen molar-refractivity contribution in [1.82, 2.24) is 9.38 Å². The second-order valence-electron chi connectivity index (χ2n) is 7.88. The molecular weight excluding hydrogens is 415 g/mol. The molecule has 0 spiro atoms. The minimum absolute atomic E-state index is 0.488. The van der Waals surface area contributed by atoms with Crippen molar-refractivity contribution in [3.05, 3.63) is 69.2 Å². The fourth-order valence-electron chi connectivity index (χ4n) is 3.77. The summed E-state index contributed by atoms with van der Waals surface area (Å²) in [5.41, 5.74) is 5.99. The lowest BCUT2D eigenvalue weighted by Crippen LogP contribution is -2.09. The smallest absolute Gasteiger partial charge is 0.157 e. The van der Waals surface area contributed by atoms with Crippen molar-refractivity contribution in [3.63, 3.8) is 0 Å². The quantitative estimate of drug-likeness (QED) is 0.356. The third kappa shape index (κ3) is 3.60. The number of rotatable bonds is 5. The molecule has 1 N–H and O–H groups in total. The van der Waals surface area contributed by atoms with Crippen LogP contribution in [-0.4, -0.2) is 9.38 Å². The number of imidazole rings is 1. The SMILES string of the molecule is Cc1c(CCC(C)C)c(Nc2ccc(Cl)c(Cl)c2)n2c(nc3ccccc32)c1C#N. The standard InChI is InChI=1S/C24H22Cl2N4/c1-14(2)8-10-17-15(3)18(13-27)24-29-21-6-4-5-7-22(21)30(24)23(17)28-16-9-11-19(25)20(26)12-16/h4-7,9,11-12,14,28H,8,10H2,1-3H3. The summed E-state index contributed by atoms with van der Waals surface area (Å²) in [6, 6.07) is 15.8. The minimum Gasteiger partial charge on any atom is -0.341 e. The van der Waals surface area contributed by atoms with Crippen LogP contribution in [-0.2, 0) is 6.42 Å². The maximum Gasteiger partial charge on any atom is 0.157 e. The van der Waals surface area contributed by atoms with Gasteiger partial charge in [-0.1, -0.05) is 49.2 Å². The molecule has 0 aliphatic carbocycles. The van der Waals surface area contributed by atoms with Crippen LogP contribution in [0.15, 0.2) is 42.5 Å². The van der Waals surface area contributed by atoms with E-state index in [0.717, 1.165) is 46.5 Å². The van der Waals surface area contributed by atoms with E-state index in [-0.39, 0.29) is 0 Å². The van der Waals surface area contributed by atoms with Gasteiger partial charge in [0, 0.05) is 5.69 Å². The normalized spacial score (nSPS) is 11.4. The lowest BCUT2D eigenvalue weighted by molar-refractivity contribution is 0.585. The number of anilines is 2. The van der Waals surface area contributed by atoms with Crippen molar-refractivity contribution in [2.24, 2.45) is 5.92 Å². The van der Waals surface area contributed by atoms with Crippen LogP contribution in [0.4, 0.5) is 11.5 Å². The van der Waals surface area contributed by atoms with Gasteiger partial charge in [0.1, 0.15) is 11.9 Å². The third-order valence-electron chi connectivity index (χ3n) is 5.39. The van der Waals surface area contributed by atoms with E-state index in [1.165, 1.54) is 0 Å². The van der Waals surface area contributed by atoms with Gasteiger partial charge in [-0.05, 0) is 67.1 Å². The number of benzene rings is 2. The van der Waals surface area contributed by atoms with Gasteiger partial charge in [0.05, 0.1) is 26.6 Å². The fourth-order valence-corrected chi connectivity index (χ4v) is 4.06.